The van der Waals surface area contributed by atoms with Crippen LogP contribution in [0.4, 0.5) is 4.79 Å². The molecule has 2 amide bonds. The van der Waals surface area contributed by atoms with Gasteiger partial charge in [0.15, 0.2) is 0 Å². The molecular weight excluding hydrogens is 268 g/mol. The van der Waals surface area contributed by atoms with Crippen LogP contribution in [0, 0.1) is 0 Å². The maximum atomic E-state index is 12.3. The Labute approximate surface area is 116 Å². The molecule has 2 N–H and O–H groups in total. The number of carbonyl (C=O) groups excluding carboxylic acids is 1. The molecule has 1 saturated heterocycles. The van der Waals surface area contributed by atoms with Crippen molar-refractivity contribution in [1.82, 2.24) is 9.80 Å². The summed E-state index contributed by atoms with van der Waals surface area (Å²) in [4.78, 5) is 36.0. The molecule has 1 unspecified atom stereocenters. The summed E-state index contributed by atoms with van der Waals surface area (Å²) < 4.78 is 5.65. The predicted octanol–water partition coefficient (Wildman–Crippen LogP) is 0.0769. The molecule has 0 aromatic heterocycles. The number of carbonyl (C=O) groups is 3. The molecule has 8 nitrogen and oxygen atoms in total. The SMILES string of the molecule is CC1CN(C(=O)N(CC(=O)O)CC(=O)O)CC(C)(C)O1. The second-order valence-corrected chi connectivity index (χ2v) is 5.49. The van der Waals surface area contributed by atoms with Crippen LogP contribution in [0.1, 0.15) is 20.8 Å². The van der Waals surface area contributed by atoms with Crippen molar-refractivity contribution in [2.45, 2.75) is 32.5 Å². The van der Waals surface area contributed by atoms with Gasteiger partial charge in [-0.15, -0.1) is 0 Å². The fourth-order valence-electron chi connectivity index (χ4n) is 2.32. The van der Waals surface area contributed by atoms with Gasteiger partial charge in [-0.1, -0.05) is 0 Å². The van der Waals surface area contributed by atoms with Crippen molar-refractivity contribution in [3.63, 3.8) is 0 Å². The average molecular weight is 288 g/mol. The zero-order valence-electron chi connectivity index (χ0n) is 11.8. The number of aliphatic carboxylic acids is 2. The molecule has 0 aromatic carbocycles. The lowest BCUT2D eigenvalue weighted by molar-refractivity contribution is -0.141. The largest absolute Gasteiger partial charge is 0.480 e. The van der Waals surface area contributed by atoms with Crippen LogP contribution in [-0.2, 0) is 14.3 Å². The number of amides is 2. The molecule has 8 heteroatoms. The van der Waals surface area contributed by atoms with E-state index in [-0.39, 0.29) is 12.6 Å². The Morgan fingerprint density at radius 1 is 1.25 bits per heavy atom. The first-order valence-corrected chi connectivity index (χ1v) is 6.26. The highest BCUT2D eigenvalue weighted by molar-refractivity contribution is 5.84. The zero-order chi connectivity index (χ0) is 15.5. The van der Waals surface area contributed by atoms with Crippen molar-refractivity contribution in [2.75, 3.05) is 26.2 Å². The summed E-state index contributed by atoms with van der Waals surface area (Å²) in [6, 6.07) is -0.599. The van der Waals surface area contributed by atoms with E-state index in [2.05, 4.69) is 0 Å². The minimum Gasteiger partial charge on any atom is -0.480 e. The summed E-state index contributed by atoms with van der Waals surface area (Å²) in [6.45, 7) is 4.75. The normalized spacial score (nSPS) is 21.4. The number of carboxylic acids is 2. The second-order valence-electron chi connectivity index (χ2n) is 5.49. The Morgan fingerprint density at radius 3 is 2.15 bits per heavy atom. The van der Waals surface area contributed by atoms with E-state index in [9.17, 15) is 14.4 Å². The van der Waals surface area contributed by atoms with Gasteiger partial charge in [0.05, 0.1) is 18.2 Å². The van der Waals surface area contributed by atoms with E-state index in [1.54, 1.807) is 6.92 Å². The van der Waals surface area contributed by atoms with Crippen molar-refractivity contribution in [3.8, 4) is 0 Å². The van der Waals surface area contributed by atoms with Crippen molar-refractivity contribution in [2.24, 2.45) is 0 Å². The molecule has 1 aliphatic rings. The van der Waals surface area contributed by atoms with E-state index in [0.717, 1.165) is 4.90 Å². The van der Waals surface area contributed by atoms with E-state index in [1.807, 2.05) is 13.8 Å². The van der Waals surface area contributed by atoms with E-state index in [0.29, 0.717) is 6.54 Å². The van der Waals surface area contributed by atoms with Gasteiger partial charge in [0.25, 0.3) is 0 Å². The molecule has 1 aliphatic heterocycles. The van der Waals surface area contributed by atoms with Crippen molar-refractivity contribution in [1.29, 1.82) is 0 Å². The number of ether oxygens (including phenoxy) is 1. The first-order valence-electron chi connectivity index (χ1n) is 6.26. The fourth-order valence-corrected chi connectivity index (χ4v) is 2.32. The zero-order valence-corrected chi connectivity index (χ0v) is 11.8. The molecule has 114 valence electrons. The summed E-state index contributed by atoms with van der Waals surface area (Å²) in [6.07, 6.45) is -0.195. The van der Waals surface area contributed by atoms with Crippen molar-refractivity contribution >= 4 is 18.0 Å². The number of urea groups is 1. The number of hydrogen-bond donors (Lipinski definition) is 2. The van der Waals surface area contributed by atoms with Crippen LogP contribution in [0.5, 0.6) is 0 Å². The van der Waals surface area contributed by atoms with E-state index in [1.165, 1.54) is 4.90 Å². The lowest BCUT2D eigenvalue weighted by Gasteiger charge is -2.42. The van der Waals surface area contributed by atoms with Crippen LogP contribution in [0.3, 0.4) is 0 Å². The van der Waals surface area contributed by atoms with Crippen molar-refractivity contribution < 1.29 is 29.3 Å². The molecule has 20 heavy (non-hydrogen) atoms. The molecule has 0 aromatic rings. The maximum Gasteiger partial charge on any atom is 0.323 e. The van der Waals surface area contributed by atoms with Gasteiger partial charge in [-0.05, 0) is 20.8 Å². The summed E-state index contributed by atoms with van der Waals surface area (Å²) in [5.41, 5.74) is -0.550. The second kappa shape index (κ2) is 6.08. The smallest absolute Gasteiger partial charge is 0.323 e. The molecule has 0 bridgehead atoms. The van der Waals surface area contributed by atoms with E-state index in [4.69, 9.17) is 14.9 Å². The average Bonchev–Trinajstić information content (AvgIpc) is 2.22. The number of rotatable bonds is 4. The van der Waals surface area contributed by atoms with Crippen LogP contribution in [0.15, 0.2) is 0 Å². The Bertz CT molecular complexity index is 393. The first-order chi connectivity index (χ1) is 9.10. The summed E-state index contributed by atoms with van der Waals surface area (Å²) in [5.74, 6) is -2.50. The Kier molecular flexibility index (Phi) is 4.93. The highest BCUT2D eigenvalue weighted by Gasteiger charge is 2.36. The van der Waals surface area contributed by atoms with Gasteiger partial charge in [0.1, 0.15) is 13.1 Å². The topological polar surface area (TPSA) is 107 Å². The number of hydrogen-bond acceptors (Lipinski definition) is 4. The molecule has 0 radical (unpaired) electrons. The number of morpholine rings is 1. The molecular formula is C12H20N2O6. The number of carboxylic acid groups (broad SMARTS) is 2. The summed E-state index contributed by atoms with van der Waals surface area (Å²) >= 11 is 0. The van der Waals surface area contributed by atoms with Crippen molar-refractivity contribution in [3.05, 3.63) is 0 Å². The number of nitrogens with zero attached hydrogens (tertiary/aromatic N) is 2. The lowest BCUT2D eigenvalue weighted by Crippen LogP contribution is -2.58. The molecule has 1 atom stereocenters. The van der Waals surface area contributed by atoms with Gasteiger partial charge in [-0.2, -0.15) is 0 Å². The molecule has 0 aliphatic carbocycles. The Morgan fingerprint density at radius 2 is 1.75 bits per heavy atom. The van der Waals surface area contributed by atoms with Crippen LogP contribution in [0.2, 0.25) is 0 Å². The molecule has 0 saturated carbocycles. The van der Waals surface area contributed by atoms with Gasteiger partial charge >= 0.3 is 18.0 Å². The van der Waals surface area contributed by atoms with Crippen LogP contribution >= 0.6 is 0 Å². The third kappa shape index (κ3) is 4.69. The van der Waals surface area contributed by atoms with E-state index >= 15 is 0 Å². The Balaban J connectivity index is 2.82. The third-order valence-electron chi connectivity index (χ3n) is 2.76. The van der Waals surface area contributed by atoms with Gasteiger partial charge in [0, 0.05) is 6.54 Å². The Hall–Kier alpha value is -1.83. The van der Waals surface area contributed by atoms with Gasteiger partial charge in [0.2, 0.25) is 0 Å². The summed E-state index contributed by atoms with van der Waals surface area (Å²) in [7, 11) is 0. The lowest BCUT2D eigenvalue weighted by atomic mass is 10.1. The van der Waals surface area contributed by atoms with E-state index < -0.39 is 36.7 Å². The highest BCUT2D eigenvalue weighted by Crippen LogP contribution is 2.21. The standard InChI is InChI=1S/C12H20N2O6/c1-8-4-14(7-12(2,3)20-8)11(19)13(5-9(15)16)6-10(17)18/h8H,4-7H2,1-3H3,(H,15,16)(H,17,18). The molecule has 1 heterocycles. The van der Waals surface area contributed by atoms with Crippen LogP contribution in [-0.4, -0.2) is 75.9 Å². The fraction of sp³-hybridized carbons (Fsp3) is 0.750. The molecule has 0 spiro atoms. The third-order valence-corrected chi connectivity index (χ3v) is 2.76. The van der Waals surface area contributed by atoms with Crippen LogP contribution < -0.4 is 0 Å². The molecule has 1 fully saturated rings. The molecule has 1 rings (SSSR count). The minimum absolute atomic E-state index is 0.195. The van der Waals surface area contributed by atoms with Gasteiger partial charge < -0.3 is 24.7 Å². The maximum absolute atomic E-state index is 12.3. The van der Waals surface area contributed by atoms with Gasteiger partial charge in [-0.25, -0.2) is 4.79 Å². The quantitative estimate of drug-likeness (QED) is 0.758. The first kappa shape index (κ1) is 16.2. The summed E-state index contributed by atoms with van der Waals surface area (Å²) in [5, 5.41) is 17.5. The minimum atomic E-state index is -1.25. The predicted molar refractivity (Wildman–Crippen MR) is 68.4 cm³/mol. The van der Waals surface area contributed by atoms with Crippen LogP contribution in [0.25, 0.3) is 0 Å². The monoisotopic (exact) mass is 288 g/mol. The highest BCUT2D eigenvalue weighted by atomic mass is 16.5. The van der Waals surface area contributed by atoms with Gasteiger partial charge in [-0.3, -0.25) is 9.59 Å².